The van der Waals surface area contributed by atoms with Crippen LogP contribution in [0.4, 0.5) is 0 Å². The number of rotatable bonds is 3. The monoisotopic (exact) mass is 357 g/mol. The van der Waals surface area contributed by atoms with Gasteiger partial charge in [0.2, 0.25) is 6.79 Å². The maximum Gasteiger partial charge on any atom is 0.349 e. The topological polar surface area (TPSA) is 77.8 Å². The molecule has 1 aromatic heterocycles. The van der Waals surface area contributed by atoms with E-state index in [2.05, 4.69) is 5.32 Å². The van der Waals surface area contributed by atoms with Gasteiger partial charge in [0.1, 0.15) is 11.1 Å². The average molecular weight is 358 g/mol. The van der Waals surface area contributed by atoms with Gasteiger partial charge in [0.15, 0.2) is 11.5 Å². The molecule has 1 aliphatic rings. The van der Waals surface area contributed by atoms with Gasteiger partial charge in [0, 0.05) is 17.0 Å². The summed E-state index contributed by atoms with van der Waals surface area (Å²) in [5.41, 5.74) is 0.432. The summed E-state index contributed by atoms with van der Waals surface area (Å²) in [7, 11) is 0. The van der Waals surface area contributed by atoms with Crippen molar-refractivity contribution in [1.29, 1.82) is 0 Å². The molecule has 0 bridgehead atoms. The molecule has 6 nitrogen and oxygen atoms in total. The molecule has 4 rings (SSSR count). The molecule has 0 saturated heterocycles. The predicted octanol–water partition coefficient (Wildman–Crippen LogP) is 3.11. The number of nitrogens with one attached hydrogen (secondary N) is 1. The highest BCUT2D eigenvalue weighted by atomic mass is 35.5. The number of hydrogen-bond acceptors (Lipinski definition) is 5. The zero-order chi connectivity index (χ0) is 17.4. The molecule has 3 aromatic rings. The lowest BCUT2D eigenvalue weighted by molar-refractivity contribution is 0.0947. The van der Waals surface area contributed by atoms with Gasteiger partial charge in [-0.1, -0.05) is 17.7 Å². The van der Waals surface area contributed by atoms with Crippen molar-refractivity contribution in [1.82, 2.24) is 5.32 Å². The molecule has 0 unspecified atom stereocenters. The first-order valence-electron chi connectivity index (χ1n) is 7.50. The van der Waals surface area contributed by atoms with Crippen molar-refractivity contribution in [3.8, 4) is 11.5 Å². The Morgan fingerprint density at radius 1 is 1.08 bits per heavy atom. The molecule has 7 heteroatoms. The number of hydrogen-bond donors (Lipinski definition) is 1. The van der Waals surface area contributed by atoms with Crippen LogP contribution >= 0.6 is 11.6 Å². The van der Waals surface area contributed by atoms with Gasteiger partial charge in [0.25, 0.3) is 5.91 Å². The van der Waals surface area contributed by atoms with Gasteiger partial charge in [0.05, 0.1) is 0 Å². The van der Waals surface area contributed by atoms with Crippen LogP contribution in [-0.4, -0.2) is 12.7 Å². The molecule has 1 amide bonds. The van der Waals surface area contributed by atoms with Gasteiger partial charge < -0.3 is 19.2 Å². The molecule has 0 atom stereocenters. The van der Waals surface area contributed by atoms with E-state index in [1.807, 2.05) is 6.07 Å². The largest absolute Gasteiger partial charge is 0.454 e. The van der Waals surface area contributed by atoms with E-state index in [4.69, 9.17) is 25.5 Å². The Hall–Kier alpha value is -2.99. The molecule has 2 aromatic carbocycles. The highest BCUT2D eigenvalue weighted by Crippen LogP contribution is 2.32. The number of amides is 1. The molecule has 0 fully saturated rings. The fraction of sp³-hybridized carbons (Fsp3) is 0.111. The highest BCUT2D eigenvalue weighted by molar-refractivity contribution is 6.31. The molecule has 2 heterocycles. The minimum absolute atomic E-state index is 0.0736. The smallest absolute Gasteiger partial charge is 0.349 e. The third-order valence-electron chi connectivity index (χ3n) is 3.83. The molecule has 0 spiro atoms. The van der Waals surface area contributed by atoms with Gasteiger partial charge in [-0.05, 0) is 42.0 Å². The van der Waals surface area contributed by atoms with Crippen LogP contribution in [0.1, 0.15) is 15.9 Å². The van der Waals surface area contributed by atoms with E-state index >= 15 is 0 Å². The minimum Gasteiger partial charge on any atom is -0.454 e. The molecule has 0 saturated carbocycles. The SMILES string of the molecule is O=C(NCc1ccc2c(c1)OCO2)c1cc2cc(Cl)ccc2oc1=O. The van der Waals surface area contributed by atoms with Gasteiger partial charge in [-0.2, -0.15) is 0 Å². The lowest BCUT2D eigenvalue weighted by Crippen LogP contribution is -2.27. The van der Waals surface area contributed by atoms with Crippen LogP contribution in [0.3, 0.4) is 0 Å². The number of carbonyl (C=O) groups excluding carboxylic acids is 1. The van der Waals surface area contributed by atoms with E-state index in [-0.39, 0.29) is 18.9 Å². The first kappa shape index (κ1) is 15.5. The number of carbonyl (C=O) groups is 1. The van der Waals surface area contributed by atoms with Crippen molar-refractivity contribution in [2.75, 3.05) is 6.79 Å². The first-order valence-corrected chi connectivity index (χ1v) is 7.88. The second-order valence-corrected chi connectivity index (χ2v) is 5.94. The molecule has 1 aliphatic heterocycles. The van der Waals surface area contributed by atoms with Crippen molar-refractivity contribution in [3.05, 3.63) is 69.0 Å². The minimum atomic E-state index is -0.696. The fourth-order valence-electron chi connectivity index (χ4n) is 2.58. The Kier molecular flexibility index (Phi) is 3.82. The normalized spacial score (nSPS) is 12.4. The quantitative estimate of drug-likeness (QED) is 0.729. The maximum atomic E-state index is 12.3. The summed E-state index contributed by atoms with van der Waals surface area (Å²) in [6.07, 6.45) is 0. The fourth-order valence-corrected chi connectivity index (χ4v) is 2.76. The Morgan fingerprint density at radius 3 is 2.80 bits per heavy atom. The maximum absolute atomic E-state index is 12.3. The van der Waals surface area contributed by atoms with E-state index in [9.17, 15) is 9.59 Å². The Labute approximate surface area is 146 Å². The van der Waals surface area contributed by atoms with Gasteiger partial charge >= 0.3 is 5.63 Å². The lowest BCUT2D eigenvalue weighted by atomic mass is 10.1. The van der Waals surface area contributed by atoms with Crippen LogP contribution < -0.4 is 20.4 Å². The molecule has 0 aliphatic carbocycles. The van der Waals surface area contributed by atoms with Crippen LogP contribution in [0.15, 0.2) is 51.7 Å². The zero-order valence-electron chi connectivity index (χ0n) is 12.9. The summed E-state index contributed by atoms with van der Waals surface area (Å²) in [6.45, 7) is 0.425. The van der Waals surface area contributed by atoms with Crippen molar-refractivity contribution >= 4 is 28.5 Å². The molecular formula is C18H12ClNO5. The second kappa shape index (κ2) is 6.14. The molecule has 126 valence electrons. The van der Waals surface area contributed by atoms with E-state index < -0.39 is 11.5 Å². The lowest BCUT2D eigenvalue weighted by Gasteiger charge is -2.06. The van der Waals surface area contributed by atoms with Crippen LogP contribution in [0.2, 0.25) is 5.02 Å². The van der Waals surface area contributed by atoms with E-state index in [0.29, 0.717) is 27.5 Å². The highest BCUT2D eigenvalue weighted by Gasteiger charge is 2.16. The summed E-state index contributed by atoms with van der Waals surface area (Å²) in [6, 6.07) is 11.7. The number of halogens is 1. The van der Waals surface area contributed by atoms with Gasteiger partial charge in [-0.25, -0.2) is 4.79 Å². The van der Waals surface area contributed by atoms with E-state index in [1.54, 1.807) is 30.3 Å². The Morgan fingerprint density at radius 2 is 1.92 bits per heavy atom. The molecule has 25 heavy (non-hydrogen) atoms. The summed E-state index contributed by atoms with van der Waals surface area (Å²) < 4.78 is 15.7. The summed E-state index contributed by atoms with van der Waals surface area (Å²) in [5.74, 6) is 0.780. The molecule has 1 N–H and O–H groups in total. The molecular weight excluding hydrogens is 346 g/mol. The van der Waals surface area contributed by atoms with Crippen molar-refractivity contribution < 1.29 is 18.7 Å². The number of benzene rings is 2. The predicted molar refractivity (Wildman–Crippen MR) is 91.2 cm³/mol. The summed E-state index contributed by atoms with van der Waals surface area (Å²) >= 11 is 5.94. The summed E-state index contributed by atoms with van der Waals surface area (Å²) in [5, 5.41) is 3.78. The van der Waals surface area contributed by atoms with Crippen LogP contribution in [-0.2, 0) is 6.54 Å². The summed E-state index contributed by atoms with van der Waals surface area (Å²) in [4.78, 5) is 24.4. The third-order valence-corrected chi connectivity index (χ3v) is 4.06. The van der Waals surface area contributed by atoms with Crippen molar-refractivity contribution in [2.45, 2.75) is 6.54 Å². The number of ether oxygens (including phenoxy) is 2. The third kappa shape index (κ3) is 3.04. The van der Waals surface area contributed by atoms with Crippen molar-refractivity contribution in [3.63, 3.8) is 0 Å². The van der Waals surface area contributed by atoms with Crippen LogP contribution in [0.5, 0.6) is 11.5 Å². The standard InChI is InChI=1S/C18H12ClNO5/c19-12-2-4-14-11(6-12)7-13(18(22)25-14)17(21)20-8-10-1-3-15-16(5-10)24-9-23-15/h1-7H,8-9H2,(H,20,21). The van der Waals surface area contributed by atoms with Gasteiger partial charge in [-0.3, -0.25) is 4.79 Å². The Bertz CT molecular complexity index is 1040. The first-order chi connectivity index (χ1) is 12.1. The van der Waals surface area contributed by atoms with E-state index in [0.717, 1.165) is 5.56 Å². The van der Waals surface area contributed by atoms with Crippen LogP contribution in [0, 0.1) is 0 Å². The van der Waals surface area contributed by atoms with Gasteiger partial charge in [-0.15, -0.1) is 0 Å². The number of fused-ring (bicyclic) bond motifs is 2. The van der Waals surface area contributed by atoms with Crippen LogP contribution in [0.25, 0.3) is 11.0 Å². The average Bonchev–Trinajstić information content (AvgIpc) is 3.07. The van der Waals surface area contributed by atoms with E-state index in [1.165, 1.54) is 6.07 Å². The second-order valence-electron chi connectivity index (χ2n) is 5.50. The zero-order valence-corrected chi connectivity index (χ0v) is 13.6. The Balaban J connectivity index is 1.55. The van der Waals surface area contributed by atoms with Crippen molar-refractivity contribution in [2.24, 2.45) is 0 Å². The molecule has 0 radical (unpaired) electrons.